The van der Waals surface area contributed by atoms with Crippen molar-refractivity contribution in [2.75, 3.05) is 20.1 Å². The number of nitrogens with zero attached hydrogens (tertiary/aromatic N) is 1. The molecule has 1 aromatic carbocycles. The molecule has 3 nitrogen and oxygen atoms in total. The van der Waals surface area contributed by atoms with Gasteiger partial charge in [0.05, 0.1) is 5.41 Å². The van der Waals surface area contributed by atoms with E-state index in [1.165, 1.54) is 16.7 Å². The molecule has 2 N–H and O–H groups in total. The highest BCUT2D eigenvalue weighted by Gasteiger charge is 2.49. The van der Waals surface area contributed by atoms with Crippen LogP contribution in [0.15, 0.2) is 18.2 Å². The minimum atomic E-state index is -0.225. The second-order valence-corrected chi connectivity index (χ2v) is 5.89. The van der Waals surface area contributed by atoms with Crippen molar-refractivity contribution < 1.29 is 4.79 Å². The summed E-state index contributed by atoms with van der Waals surface area (Å²) in [5, 5.41) is 0. The number of hydrogen-bond donors (Lipinski definition) is 1. The Balaban J connectivity index is 1.93. The monoisotopic (exact) mass is 260 g/mol. The van der Waals surface area contributed by atoms with Crippen LogP contribution in [0.3, 0.4) is 0 Å². The Morgan fingerprint density at radius 2 is 2.05 bits per heavy atom. The number of nitrogens with two attached hydrogens (primary N) is 1. The summed E-state index contributed by atoms with van der Waals surface area (Å²) in [6.07, 6.45) is 2.82. The highest BCUT2D eigenvalue weighted by molar-refractivity contribution is 5.85. The van der Waals surface area contributed by atoms with Gasteiger partial charge in [-0.25, -0.2) is 0 Å². The lowest BCUT2D eigenvalue weighted by Gasteiger charge is -2.23. The molecule has 0 heterocycles. The van der Waals surface area contributed by atoms with Crippen molar-refractivity contribution in [3.8, 4) is 0 Å². The first-order valence-corrected chi connectivity index (χ1v) is 7.00. The van der Waals surface area contributed by atoms with E-state index in [1.807, 2.05) is 11.9 Å². The zero-order chi connectivity index (χ0) is 14.0. The predicted molar refractivity (Wildman–Crippen MR) is 78.0 cm³/mol. The van der Waals surface area contributed by atoms with Crippen molar-refractivity contribution in [3.05, 3.63) is 34.9 Å². The molecule has 0 aliphatic heterocycles. The average molecular weight is 260 g/mol. The van der Waals surface area contributed by atoms with E-state index in [0.717, 1.165) is 25.8 Å². The molecule has 1 aliphatic carbocycles. The first kappa shape index (κ1) is 14.1. The Morgan fingerprint density at radius 3 is 2.58 bits per heavy atom. The summed E-state index contributed by atoms with van der Waals surface area (Å²) < 4.78 is 0. The summed E-state index contributed by atoms with van der Waals surface area (Å²) in [6, 6.07) is 6.49. The van der Waals surface area contributed by atoms with Crippen LogP contribution in [-0.4, -0.2) is 30.9 Å². The number of likely N-dealkylation sites (N-methyl/N-ethyl adjacent to an activating group) is 1. The number of aryl methyl sites for hydroxylation is 2. The van der Waals surface area contributed by atoms with Crippen LogP contribution in [0.2, 0.25) is 0 Å². The molecular weight excluding hydrogens is 236 g/mol. The molecule has 0 spiro atoms. The molecule has 19 heavy (non-hydrogen) atoms. The molecule has 1 saturated carbocycles. The van der Waals surface area contributed by atoms with E-state index in [4.69, 9.17) is 5.73 Å². The fourth-order valence-corrected chi connectivity index (χ4v) is 2.58. The lowest BCUT2D eigenvalue weighted by atomic mass is 10.0. The summed E-state index contributed by atoms with van der Waals surface area (Å²) in [5.74, 6) is 0.222. The van der Waals surface area contributed by atoms with Gasteiger partial charge in [-0.15, -0.1) is 0 Å². The minimum absolute atomic E-state index is 0.222. The van der Waals surface area contributed by atoms with E-state index < -0.39 is 0 Å². The van der Waals surface area contributed by atoms with Gasteiger partial charge in [0, 0.05) is 20.1 Å². The van der Waals surface area contributed by atoms with Gasteiger partial charge in [-0.2, -0.15) is 0 Å². The van der Waals surface area contributed by atoms with Crippen LogP contribution in [-0.2, 0) is 11.2 Å². The Hall–Kier alpha value is -1.35. The fraction of sp³-hybridized carbons (Fsp3) is 0.562. The second-order valence-electron chi connectivity index (χ2n) is 5.89. The van der Waals surface area contributed by atoms with E-state index in [-0.39, 0.29) is 11.3 Å². The number of carbonyl (C=O) groups excluding carboxylic acids is 1. The van der Waals surface area contributed by atoms with Crippen molar-refractivity contribution in [1.82, 2.24) is 4.90 Å². The molecule has 1 aliphatic rings. The van der Waals surface area contributed by atoms with Gasteiger partial charge in [-0.05, 0) is 44.2 Å². The van der Waals surface area contributed by atoms with Gasteiger partial charge < -0.3 is 10.6 Å². The van der Waals surface area contributed by atoms with Gasteiger partial charge in [0.1, 0.15) is 0 Å². The third kappa shape index (κ3) is 2.98. The maximum Gasteiger partial charge on any atom is 0.229 e. The molecule has 104 valence electrons. The number of benzene rings is 1. The van der Waals surface area contributed by atoms with Crippen molar-refractivity contribution in [2.24, 2.45) is 11.1 Å². The third-order valence-electron chi connectivity index (χ3n) is 4.26. The molecule has 0 radical (unpaired) electrons. The molecule has 0 atom stereocenters. The standard InChI is InChI=1S/C16H24N2O/c1-12-4-5-14(13(2)10-12)6-9-18(3)15(19)16(11-17)7-8-16/h4-5,10H,6-9,11,17H2,1-3H3. The molecule has 1 amide bonds. The van der Waals surface area contributed by atoms with Gasteiger partial charge in [0.2, 0.25) is 5.91 Å². The van der Waals surface area contributed by atoms with Gasteiger partial charge in [0.15, 0.2) is 0 Å². The number of amides is 1. The van der Waals surface area contributed by atoms with E-state index in [1.54, 1.807) is 0 Å². The molecule has 1 fully saturated rings. The highest BCUT2D eigenvalue weighted by atomic mass is 16.2. The maximum atomic E-state index is 12.3. The molecular formula is C16H24N2O. The van der Waals surface area contributed by atoms with Crippen molar-refractivity contribution in [2.45, 2.75) is 33.1 Å². The Labute approximate surface area is 115 Å². The van der Waals surface area contributed by atoms with E-state index in [0.29, 0.717) is 6.54 Å². The van der Waals surface area contributed by atoms with E-state index in [9.17, 15) is 4.79 Å². The Morgan fingerprint density at radius 1 is 1.37 bits per heavy atom. The minimum Gasteiger partial charge on any atom is -0.345 e. The number of hydrogen-bond acceptors (Lipinski definition) is 2. The number of rotatable bonds is 5. The summed E-state index contributed by atoms with van der Waals surface area (Å²) >= 11 is 0. The van der Waals surface area contributed by atoms with Crippen LogP contribution in [0.5, 0.6) is 0 Å². The van der Waals surface area contributed by atoms with Gasteiger partial charge in [0.25, 0.3) is 0 Å². The normalized spacial score (nSPS) is 16.2. The highest BCUT2D eigenvalue weighted by Crippen LogP contribution is 2.45. The molecule has 0 aromatic heterocycles. The molecule has 0 unspecified atom stereocenters. The van der Waals surface area contributed by atoms with Crippen LogP contribution in [0.4, 0.5) is 0 Å². The summed E-state index contributed by atoms with van der Waals surface area (Å²) in [5.41, 5.74) is 9.39. The summed E-state index contributed by atoms with van der Waals surface area (Å²) in [7, 11) is 1.89. The van der Waals surface area contributed by atoms with E-state index in [2.05, 4.69) is 32.0 Å². The van der Waals surface area contributed by atoms with Crippen LogP contribution in [0, 0.1) is 19.3 Å². The van der Waals surface area contributed by atoms with E-state index >= 15 is 0 Å². The first-order chi connectivity index (χ1) is 8.98. The Kier molecular flexibility index (Phi) is 3.95. The predicted octanol–water partition coefficient (Wildman–Crippen LogP) is 2.04. The van der Waals surface area contributed by atoms with Crippen molar-refractivity contribution in [3.63, 3.8) is 0 Å². The van der Waals surface area contributed by atoms with Crippen LogP contribution >= 0.6 is 0 Å². The van der Waals surface area contributed by atoms with Gasteiger partial charge >= 0.3 is 0 Å². The molecule has 2 rings (SSSR count). The average Bonchev–Trinajstić information content (AvgIpc) is 3.17. The molecule has 3 heteroatoms. The van der Waals surface area contributed by atoms with Gasteiger partial charge in [-0.3, -0.25) is 4.79 Å². The quantitative estimate of drug-likeness (QED) is 0.880. The van der Waals surface area contributed by atoms with Crippen LogP contribution in [0.1, 0.15) is 29.5 Å². The van der Waals surface area contributed by atoms with Crippen LogP contribution in [0.25, 0.3) is 0 Å². The number of carbonyl (C=O) groups is 1. The summed E-state index contributed by atoms with van der Waals surface area (Å²) in [4.78, 5) is 14.1. The SMILES string of the molecule is Cc1ccc(CCN(C)C(=O)C2(CN)CC2)c(C)c1. The fourth-order valence-electron chi connectivity index (χ4n) is 2.58. The zero-order valence-corrected chi connectivity index (χ0v) is 12.2. The first-order valence-electron chi connectivity index (χ1n) is 7.00. The maximum absolute atomic E-state index is 12.3. The Bertz CT molecular complexity index is 478. The lowest BCUT2D eigenvalue weighted by molar-refractivity contribution is -0.135. The largest absolute Gasteiger partial charge is 0.345 e. The summed E-state index contributed by atoms with van der Waals surface area (Å²) in [6.45, 7) is 5.49. The second kappa shape index (κ2) is 5.33. The van der Waals surface area contributed by atoms with Gasteiger partial charge in [-0.1, -0.05) is 23.8 Å². The molecule has 1 aromatic rings. The van der Waals surface area contributed by atoms with Crippen LogP contribution < -0.4 is 5.73 Å². The smallest absolute Gasteiger partial charge is 0.229 e. The molecule has 0 bridgehead atoms. The topological polar surface area (TPSA) is 46.3 Å². The van der Waals surface area contributed by atoms with Crippen molar-refractivity contribution in [1.29, 1.82) is 0 Å². The molecule has 0 saturated heterocycles. The van der Waals surface area contributed by atoms with Crippen molar-refractivity contribution >= 4 is 5.91 Å². The lowest BCUT2D eigenvalue weighted by Crippen LogP contribution is -2.39. The third-order valence-corrected chi connectivity index (χ3v) is 4.26. The zero-order valence-electron chi connectivity index (χ0n) is 12.2.